The molecule has 4 atom stereocenters. The molecule has 1 saturated heterocycles. The van der Waals surface area contributed by atoms with Crippen LogP contribution in [0, 0.1) is 23.7 Å². The van der Waals surface area contributed by atoms with Crippen molar-refractivity contribution in [3.63, 3.8) is 0 Å². The molecular weight excluding hydrogens is 304 g/mol. The van der Waals surface area contributed by atoms with E-state index in [2.05, 4.69) is 17.5 Å². The normalized spacial score (nSPS) is 30.1. The second-order valence-electron chi connectivity index (χ2n) is 6.84. The number of fused-ring (bicyclic) bond motifs is 5. The number of carbonyl (C=O) groups is 3. The van der Waals surface area contributed by atoms with Crippen molar-refractivity contribution in [2.24, 2.45) is 23.7 Å². The van der Waals surface area contributed by atoms with Gasteiger partial charge in [-0.25, -0.2) is 0 Å². The Balaban J connectivity index is 1.31. The summed E-state index contributed by atoms with van der Waals surface area (Å²) in [7, 11) is 0. The van der Waals surface area contributed by atoms with E-state index in [1.807, 2.05) is 30.3 Å². The zero-order valence-corrected chi connectivity index (χ0v) is 13.4. The molecule has 1 aliphatic heterocycles. The standard InChI is InChI=1S/C19H20N2O3/c22-15(20-11-12-4-2-1-3-5-12)8-9-21-18(23)16-13-6-7-14(10-13)17(16)19(21)24/h1-7,13-14,16-17H,8-11H2,(H,20,22). The van der Waals surface area contributed by atoms with Crippen LogP contribution in [0.2, 0.25) is 0 Å². The number of allylic oxidation sites excluding steroid dienone is 2. The van der Waals surface area contributed by atoms with Gasteiger partial charge in [-0.2, -0.15) is 0 Å². The van der Waals surface area contributed by atoms with Crippen LogP contribution in [0.1, 0.15) is 18.4 Å². The van der Waals surface area contributed by atoms with Crippen molar-refractivity contribution in [1.82, 2.24) is 10.2 Å². The largest absolute Gasteiger partial charge is 0.352 e. The van der Waals surface area contributed by atoms with Gasteiger partial charge >= 0.3 is 0 Å². The number of hydrogen-bond acceptors (Lipinski definition) is 3. The van der Waals surface area contributed by atoms with E-state index in [1.165, 1.54) is 4.90 Å². The van der Waals surface area contributed by atoms with Crippen LogP contribution >= 0.6 is 0 Å². The van der Waals surface area contributed by atoms with Gasteiger partial charge in [0, 0.05) is 19.5 Å². The van der Waals surface area contributed by atoms with Crippen molar-refractivity contribution in [1.29, 1.82) is 0 Å². The molecule has 1 N–H and O–H groups in total. The van der Waals surface area contributed by atoms with Gasteiger partial charge in [-0.1, -0.05) is 42.5 Å². The third-order valence-electron chi connectivity index (χ3n) is 5.46. The van der Waals surface area contributed by atoms with E-state index in [0.717, 1.165) is 12.0 Å². The van der Waals surface area contributed by atoms with Crippen LogP contribution in [0.4, 0.5) is 0 Å². The Morgan fingerprint density at radius 1 is 1.04 bits per heavy atom. The molecule has 1 aromatic rings. The second kappa shape index (κ2) is 5.89. The molecule has 2 bridgehead atoms. The van der Waals surface area contributed by atoms with Crippen molar-refractivity contribution in [2.45, 2.75) is 19.4 Å². The molecule has 1 heterocycles. The molecule has 3 aliphatic rings. The van der Waals surface area contributed by atoms with Crippen molar-refractivity contribution in [2.75, 3.05) is 6.54 Å². The Bertz CT molecular complexity index is 683. The van der Waals surface area contributed by atoms with Gasteiger partial charge in [-0.15, -0.1) is 0 Å². The maximum Gasteiger partial charge on any atom is 0.233 e. The Hall–Kier alpha value is -2.43. The number of likely N-dealkylation sites (tertiary alicyclic amines) is 1. The molecule has 0 radical (unpaired) electrons. The minimum absolute atomic E-state index is 0.0855. The van der Waals surface area contributed by atoms with Crippen LogP contribution in [-0.4, -0.2) is 29.2 Å². The van der Waals surface area contributed by atoms with Gasteiger partial charge in [0.05, 0.1) is 11.8 Å². The van der Waals surface area contributed by atoms with E-state index < -0.39 is 0 Å². The van der Waals surface area contributed by atoms with E-state index in [0.29, 0.717) is 6.54 Å². The molecule has 2 fully saturated rings. The number of carbonyl (C=O) groups excluding carboxylic acids is 3. The van der Waals surface area contributed by atoms with Crippen molar-refractivity contribution >= 4 is 17.7 Å². The van der Waals surface area contributed by atoms with Crippen molar-refractivity contribution in [3.8, 4) is 0 Å². The first kappa shape index (κ1) is 15.1. The maximum absolute atomic E-state index is 12.5. The lowest BCUT2D eigenvalue weighted by molar-refractivity contribution is -0.141. The number of rotatable bonds is 5. The average molecular weight is 324 g/mol. The summed E-state index contributed by atoms with van der Waals surface area (Å²) >= 11 is 0. The summed E-state index contributed by atoms with van der Waals surface area (Å²) < 4.78 is 0. The Labute approximate surface area is 140 Å². The molecule has 1 saturated carbocycles. The van der Waals surface area contributed by atoms with Crippen molar-refractivity contribution < 1.29 is 14.4 Å². The number of benzene rings is 1. The van der Waals surface area contributed by atoms with Crippen LogP contribution in [0.3, 0.4) is 0 Å². The van der Waals surface area contributed by atoms with E-state index >= 15 is 0 Å². The molecule has 124 valence electrons. The minimum atomic E-state index is -0.181. The number of hydrogen-bond donors (Lipinski definition) is 1. The molecule has 0 aromatic heterocycles. The summed E-state index contributed by atoms with van der Waals surface area (Å²) in [5.41, 5.74) is 1.02. The van der Waals surface area contributed by atoms with Crippen LogP contribution < -0.4 is 5.32 Å². The molecule has 5 heteroatoms. The Morgan fingerprint density at radius 3 is 2.29 bits per heavy atom. The predicted molar refractivity (Wildman–Crippen MR) is 87.3 cm³/mol. The van der Waals surface area contributed by atoms with Gasteiger partial charge in [-0.05, 0) is 23.8 Å². The van der Waals surface area contributed by atoms with Gasteiger partial charge in [0.15, 0.2) is 0 Å². The topological polar surface area (TPSA) is 66.5 Å². The number of nitrogens with one attached hydrogen (secondary N) is 1. The molecule has 24 heavy (non-hydrogen) atoms. The SMILES string of the molecule is O=C(CCN1C(=O)C2C3C=CC(C3)C2C1=O)NCc1ccccc1. The van der Waals surface area contributed by atoms with Gasteiger partial charge in [0.1, 0.15) is 0 Å². The molecule has 5 nitrogen and oxygen atoms in total. The highest BCUT2D eigenvalue weighted by Crippen LogP contribution is 2.52. The summed E-state index contributed by atoms with van der Waals surface area (Å²) in [6.07, 6.45) is 5.24. The number of amides is 3. The highest BCUT2D eigenvalue weighted by atomic mass is 16.2. The summed E-state index contributed by atoms with van der Waals surface area (Å²) in [6, 6.07) is 9.65. The zero-order chi connectivity index (χ0) is 16.7. The summed E-state index contributed by atoms with van der Waals surface area (Å²) in [6.45, 7) is 0.644. The quantitative estimate of drug-likeness (QED) is 0.659. The summed E-state index contributed by atoms with van der Waals surface area (Å²) in [4.78, 5) is 38.3. The van der Waals surface area contributed by atoms with Crippen LogP contribution in [0.5, 0.6) is 0 Å². The number of nitrogens with zero attached hydrogens (tertiary/aromatic N) is 1. The Kier molecular flexibility index (Phi) is 3.71. The third kappa shape index (κ3) is 2.44. The van der Waals surface area contributed by atoms with E-state index in [1.54, 1.807) is 0 Å². The fraction of sp³-hybridized carbons (Fsp3) is 0.421. The molecule has 4 unspecified atom stereocenters. The second-order valence-corrected chi connectivity index (χ2v) is 6.84. The van der Waals surface area contributed by atoms with E-state index in [4.69, 9.17) is 0 Å². The lowest BCUT2D eigenvalue weighted by Gasteiger charge is -2.16. The highest BCUT2D eigenvalue weighted by molar-refractivity contribution is 6.06. The molecular formula is C19H20N2O3. The predicted octanol–water partition coefficient (Wildman–Crippen LogP) is 1.50. The van der Waals surface area contributed by atoms with Gasteiger partial charge in [-0.3, -0.25) is 19.3 Å². The monoisotopic (exact) mass is 324 g/mol. The summed E-state index contributed by atoms with van der Waals surface area (Å²) in [5.74, 6) is -0.241. The first-order valence-electron chi connectivity index (χ1n) is 8.49. The van der Waals surface area contributed by atoms with Gasteiger partial charge in [0.25, 0.3) is 0 Å². The first-order valence-corrected chi connectivity index (χ1v) is 8.49. The lowest BCUT2D eigenvalue weighted by Crippen LogP contribution is -2.36. The lowest BCUT2D eigenvalue weighted by atomic mass is 9.85. The van der Waals surface area contributed by atoms with E-state index in [-0.39, 0.29) is 54.4 Å². The molecule has 3 amide bonds. The highest BCUT2D eigenvalue weighted by Gasteiger charge is 2.58. The smallest absolute Gasteiger partial charge is 0.233 e. The molecule has 4 rings (SSSR count). The number of imide groups is 1. The molecule has 1 aromatic carbocycles. The Morgan fingerprint density at radius 2 is 1.67 bits per heavy atom. The van der Waals surface area contributed by atoms with Crippen LogP contribution in [-0.2, 0) is 20.9 Å². The first-order chi connectivity index (χ1) is 11.6. The molecule has 0 spiro atoms. The van der Waals surface area contributed by atoms with E-state index in [9.17, 15) is 14.4 Å². The average Bonchev–Trinajstić information content (AvgIpc) is 3.27. The van der Waals surface area contributed by atoms with Gasteiger partial charge < -0.3 is 5.32 Å². The maximum atomic E-state index is 12.5. The van der Waals surface area contributed by atoms with Gasteiger partial charge in [0.2, 0.25) is 17.7 Å². The van der Waals surface area contributed by atoms with Crippen molar-refractivity contribution in [3.05, 3.63) is 48.0 Å². The van der Waals surface area contributed by atoms with Crippen LogP contribution in [0.15, 0.2) is 42.5 Å². The fourth-order valence-corrected chi connectivity index (χ4v) is 4.28. The third-order valence-corrected chi connectivity index (χ3v) is 5.46. The van der Waals surface area contributed by atoms with Crippen LogP contribution in [0.25, 0.3) is 0 Å². The minimum Gasteiger partial charge on any atom is -0.352 e. The molecule has 2 aliphatic carbocycles. The fourth-order valence-electron chi connectivity index (χ4n) is 4.28. The summed E-state index contributed by atoms with van der Waals surface area (Å²) in [5, 5.41) is 2.83. The zero-order valence-electron chi connectivity index (χ0n) is 13.4.